The third-order valence-electron chi connectivity index (χ3n) is 4.41. The molecule has 6 heteroatoms. The molecule has 164 valence electrons. The molecular weight excluding hydrogens is 380 g/mol. The first-order valence-electron chi connectivity index (χ1n) is 10.3. The molecule has 0 fully saturated rings. The molecule has 0 saturated heterocycles. The van der Waals surface area contributed by atoms with Crippen molar-refractivity contribution in [2.45, 2.75) is 65.2 Å². The van der Waals surface area contributed by atoms with Crippen molar-refractivity contribution in [3.63, 3.8) is 0 Å². The number of nitrogens with one attached hydrogen (secondary N) is 2. The van der Waals surface area contributed by atoms with E-state index < -0.39 is 23.6 Å². The SMILES string of the molecule is CCc1ccc(CONC(=O)[C@@H](CCc2ccccc2)NC(=O)OC(C)(C)C)cc1.[HH]. The molecule has 0 saturated carbocycles. The van der Waals surface area contributed by atoms with Gasteiger partial charge in [-0.2, -0.15) is 0 Å². The molecule has 2 amide bonds. The summed E-state index contributed by atoms with van der Waals surface area (Å²) in [4.78, 5) is 30.2. The summed E-state index contributed by atoms with van der Waals surface area (Å²) in [6.07, 6.45) is 1.39. The summed E-state index contributed by atoms with van der Waals surface area (Å²) in [6.45, 7) is 7.67. The molecule has 0 spiro atoms. The predicted molar refractivity (Wildman–Crippen MR) is 119 cm³/mol. The third kappa shape index (κ3) is 8.66. The fourth-order valence-electron chi connectivity index (χ4n) is 2.81. The number of rotatable bonds is 9. The summed E-state index contributed by atoms with van der Waals surface area (Å²) in [5, 5.41) is 2.65. The molecule has 0 bridgehead atoms. The van der Waals surface area contributed by atoms with Crippen molar-refractivity contribution in [3.8, 4) is 0 Å². The van der Waals surface area contributed by atoms with Gasteiger partial charge in [0.05, 0.1) is 6.61 Å². The molecule has 0 unspecified atom stereocenters. The molecule has 0 aliphatic carbocycles. The fourth-order valence-corrected chi connectivity index (χ4v) is 2.81. The highest BCUT2D eigenvalue weighted by Crippen LogP contribution is 2.10. The highest BCUT2D eigenvalue weighted by Gasteiger charge is 2.24. The maximum absolute atomic E-state index is 12.6. The third-order valence-corrected chi connectivity index (χ3v) is 4.41. The van der Waals surface area contributed by atoms with Crippen molar-refractivity contribution < 1.29 is 20.6 Å². The smallest absolute Gasteiger partial charge is 0.408 e. The number of hydrogen-bond donors (Lipinski definition) is 2. The second kappa shape index (κ2) is 11.4. The fraction of sp³-hybridized carbons (Fsp3) is 0.417. The lowest BCUT2D eigenvalue weighted by Crippen LogP contribution is -2.48. The van der Waals surface area contributed by atoms with Crippen LogP contribution in [0.5, 0.6) is 0 Å². The lowest BCUT2D eigenvalue weighted by molar-refractivity contribution is -0.137. The lowest BCUT2D eigenvalue weighted by Gasteiger charge is -2.23. The molecular formula is C24H34N2O4. The standard InChI is InChI=1S/C24H32N2O4.H2/c1-5-18-11-13-20(14-12-18)17-29-26-22(27)21(25-23(28)30-24(2,3)4)16-15-19-9-7-6-8-10-19;/h6-14,21H,5,15-17H2,1-4H3,(H,25,28)(H,26,27);1H/t21-;/m1./s1. The van der Waals surface area contributed by atoms with E-state index in [9.17, 15) is 9.59 Å². The molecule has 0 radical (unpaired) electrons. The second-order valence-corrected chi connectivity index (χ2v) is 8.15. The van der Waals surface area contributed by atoms with Crippen LogP contribution in [0.3, 0.4) is 0 Å². The van der Waals surface area contributed by atoms with Crippen molar-refractivity contribution in [3.05, 3.63) is 71.3 Å². The highest BCUT2D eigenvalue weighted by molar-refractivity contribution is 5.84. The van der Waals surface area contributed by atoms with Crippen LogP contribution in [0.2, 0.25) is 0 Å². The van der Waals surface area contributed by atoms with E-state index in [0.717, 1.165) is 17.5 Å². The molecule has 2 aromatic rings. The van der Waals surface area contributed by atoms with Gasteiger partial charge in [-0.3, -0.25) is 9.63 Å². The van der Waals surface area contributed by atoms with Crippen LogP contribution in [0.1, 0.15) is 52.2 Å². The van der Waals surface area contributed by atoms with Crippen LogP contribution < -0.4 is 10.8 Å². The Balaban J connectivity index is 0.00000480. The molecule has 0 aromatic heterocycles. The first kappa shape index (κ1) is 23.4. The van der Waals surface area contributed by atoms with Crippen molar-refractivity contribution in [1.29, 1.82) is 0 Å². The van der Waals surface area contributed by atoms with Gasteiger partial charge in [0, 0.05) is 1.43 Å². The van der Waals surface area contributed by atoms with Gasteiger partial charge in [0.25, 0.3) is 5.91 Å². The molecule has 2 aromatic carbocycles. The molecule has 1 atom stereocenters. The minimum Gasteiger partial charge on any atom is -0.444 e. The van der Waals surface area contributed by atoms with Crippen LogP contribution in [0, 0.1) is 0 Å². The Morgan fingerprint density at radius 2 is 1.60 bits per heavy atom. The van der Waals surface area contributed by atoms with Gasteiger partial charge in [0.2, 0.25) is 0 Å². The summed E-state index contributed by atoms with van der Waals surface area (Å²) in [6, 6.07) is 17.0. The summed E-state index contributed by atoms with van der Waals surface area (Å²) >= 11 is 0. The van der Waals surface area contributed by atoms with Gasteiger partial charge < -0.3 is 10.1 Å². The zero-order valence-corrected chi connectivity index (χ0v) is 18.2. The molecule has 2 N–H and O–H groups in total. The highest BCUT2D eigenvalue weighted by atomic mass is 16.7. The Morgan fingerprint density at radius 1 is 0.967 bits per heavy atom. The predicted octanol–water partition coefficient (Wildman–Crippen LogP) is 4.57. The maximum Gasteiger partial charge on any atom is 0.408 e. The zero-order chi connectivity index (χ0) is 22.0. The average Bonchev–Trinajstić information content (AvgIpc) is 2.71. The number of alkyl carbamates (subject to hydrolysis) is 1. The number of benzene rings is 2. The number of carbonyl (C=O) groups excluding carboxylic acids is 2. The minimum absolute atomic E-state index is 0. The summed E-state index contributed by atoms with van der Waals surface area (Å²) in [7, 11) is 0. The van der Waals surface area contributed by atoms with Crippen molar-refractivity contribution in [2.24, 2.45) is 0 Å². The van der Waals surface area contributed by atoms with Crippen LogP contribution in [0.25, 0.3) is 0 Å². The number of ether oxygens (including phenoxy) is 1. The zero-order valence-electron chi connectivity index (χ0n) is 18.2. The normalized spacial score (nSPS) is 12.1. The molecule has 30 heavy (non-hydrogen) atoms. The van der Waals surface area contributed by atoms with Crippen LogP contribution in [0.4, 0.5) is 4.79 Å². The number of aryl methyl sites for hydroxylation is 2. The quantitative estimate of drug-likeness (QED) is 0.590. The first-order chi connectivity index (χ1) is 14.3. The van der Waals surface area contributed by atoms with Gasteiger partial charge >= 0.3 is 6.09 Å². The topological polar surface area (TPSA) is 76.7 Å². The monoisotopic (exact) mass is 414 g/mol. The summed E-state index contributed by atoms with van der Waals surface area (Å²) < 4.78 is 5.30. The van der Waals surface area contributed by atoms with Crippen LogP contribution in [0.15, 0.2) is 54.6 Å². The van der Waals surface area contributed by atoms with E-state index in [-0.39, 0.29) is 8.03 Å². The van der Waals surface area contributed by atoms with Gasteiger partial charge in [0.1, 0.15) is 11.6 Å². The Morgan fingerprint density at radius 3 is 2.20 bits per heavy atom. The Kier molecular flexibility index (Phi) is 8.87. The Labute approximate surface area is 180 Å². The number of hydroxylamine groups is 1. The molecule has 0 aliphatic rings. The van der Waals surface area contributed by atoms with E-state index in [1.807, 2.05) is 54.6 Å². The minimum atomic E-state index is -0.775. The first-order valence-corrected chi connectivity index (χ1v) is 10.3. The lowest BCUT2D eigenvalue weighted by atomic mass is 10.1. The van der Waals surface area contributed by atoms with Crippen molar-refractivity contribution in [2.75, 3.05) is 0 Å². The molecule has 0 heterocycles. The van der Waals surface area contributed by atoms with Gasteiger partial charge in [-0.05, 0) is 56.7 Å². The van der Waals surface area contributed by atoms with Crippen molar-refractivity contribution >= 4 is 12.0 Å². The molecule has 6 nitrogen and oxygen atoms in total. The van der Waals surface area contributed by atoms with Crippen LogP contribution in [-0.4, -0.2) is 23.6 Å². The van der Waals surface area contributed by atoms with Crippen molar-refractivity contribution in [1.82, 2.24) is 10.8 Å². The van der Waals surface area contributed by atoms with Gasteiger partial charge in [0.15, 0.2) is 0 Å². The maximum atomic E-state index is 12.6. The Bertz CT molecular complexity index is 805. The number of carbonyl (C=O) groups is 2. The summed E-state index contributed by atoms with van der Waals surface area (Å²) in [5.74, 6) is -0.415. The van der Waals surface area contributed by atoms with E-state index in [1.165, 1.54) is 5.56 Å². The molecule has 0 aliphatic heterocycles. The molecule has 2 rings (SSSR count). The van der Waals surface area contributed by atoms with E-state index in [1.54, 1.807) is 20.8 Å². The largest absolute Gasteiger partial charge is 0.444 e. The van der Waals surface area contributed by atoms with E-state index >= 15 is 0 Å². The van der Waals surface area contributed by atoms with E-state index in [0.29, 0.717) is 12.8 Å². The van der Waals surface area contributed by atoms with Crippen LogP contribution in [-0.2, 0) is 33.8 Å². The second-order valence-electron chi connectivity index (χ2n) is 8.15. The Hall–Kier alpha value is -2.86. The van der Waals surface area contributed by atoms with E-state index in [2.05, 4.69) is 17.7 Å². The summed E-state index contributed by atoms with van der Waals surface area (Å²) in [5.41, 5.74) is 5.08. The van der Waals surface area contributed by atoms with E-state index in [4.69, 9.17) is 9.57 Å². The number of amides is 2. The van der Waals surface area contributed by atoms with Gasteiger partial charge in [-0.15, -0.1) is 0 Å². The number of hydrogen-bond acceptors (Lipinski definition) is 4. The average molecular weight is 415 g/mol. The van der Waals surface area contributed by atoms with Crippen LogP contribution >= 0.6 is 0 Å². The van der Waals surface area contributed by atoms with Gasteiger partial charge in [-0.25, -0.2) is 10.3 Å². The van der Waals surface area contributed by atoms with Gasteiger partial charge in [-0.1, -0.05) is 61.5 Å².